The van der Waals surface area contributed by atoms with Crippen LogP contribution in [0, 0.1) is 11.8 Å². The predicted octanol–water partition coefficient (Wildman–Crippen LogP) is 2.80. The molecule has 0 unspecified atom stereocenters. The zero-order valence-electron chi connectivity index (χ0n) is 11.5. The molecule has 1 aromatic carbocycles. The zero-order chi connectivity index (χ0) is 13.7. The molecule has 5 heteroatoms. The molecular weight excluding hydrogens is 295 g/mol. The van der Waals surface area contributed by atoms with Crippen LogP contribution >= 0.6 is 24.0 Å². The molecule has 3 nitrogen and oxygen atoms in total. The lowest BCUT2D eigenvalue weighted by molar-refractivity contribution is -0.125. The molecule has 112 valence electrons. The quantitative estimate of drug-likeness (QED) is 0.877. The molecule has 1 fully saturated rings. The van der Waals surface area contributed by atoms with E-state index in [1.165, 1.54) is 0 Å². The summed E-state index contributed by atoms with van der Waals surface area (Å²) in [6.45, 7) is 1.28. The second-order valence-electron chi connectivity index (χ2n) is 5.20. The van der Waals surface area contributed by atoms with Gasteiger partial charge in [-0.25, -0.2) is 0 Å². The monoisotopic (exact) mass is 316 g/mol. The fraction of sp³-hybridized carbons (Fsp3) is 0.533. The van der Waals surface area contributed by atoms with Gasteiger partial charge < -0.3 is 11.1 Å². The number of carbonyl (C=O) groups is 1. The number of benzene rings is 1. The fourth-order valence-electron chi connectivity index (χ4n) is 2.82. The van der Waals surface area contributed by atoms with Gasteiger partial charge in [0.25, 0.3) is 0 Å². The molecule has 1 aromatic rings. The molecule has 0 spiro atoms. The van der Waals surface area contributed by atoms with Crippen LogP contribution in [0.15, 0.2) is 24.3 Å². The van der Waals surface area contributed by atoms with Crippen molar-refractivity contribution < 1.29 is 4.79 Å². The van der Waals surface area contributed by atoms with Crippen molar-refractivity contribution in [1.82, 2.24) is 5.32 Å². The van der Waals surface area contributed by atoms with Gasteiger partial charge in [0.2, 0.25) is 5.91 Å². The van der Waals surface area contributed by atoms with Gasteiger partial charge in [-0.3, -0.25) is 4.79 Å². The highest BCUT2D eigenvalue weighted by Crippen LogP contribution is 2.30. The van der Waals surface area contributed by atoms with Gasteiger partial charge >= 0.3 is 0 Å². The minimum atomic E-state index is 0. The van der Waals surface area contributed by atoms with Gasteiger partial charge in [-0.05, 0) is 49.4 Å². The number of carbonyl (C=O) groups excluding carboxylic acids is 1. The van der Waals surface area contributed by atoms with E-state index >= 15 is 0 Å². The summed E-state index contributed by atoms with van der Waals surface area (Å²) in [6, 6.07) is 7.75. The molecular formula is C15H22Cl2N2O. The van der Waals surface area contributed by atoms with Crippen molar-refractivity contribution in [3.63, 3.8) is 0 Å². The van der Waals surface area contributed by atoms with E-state index in [0.29, 0.717) is 19.0 Å². The normalized spacial score (nSPS) is 21.3. The minimum Gasteiger partial charge on any atom is -0.356 e. The smallest absolute Gasteiger partial charge is 0.223 e. The molecule has 1 aliphatic rings. The maximum absolute atomic E-state index is 12.1. The Morgan fingerprint density at radius 3 is 2.90 bits per heavy atom. The topological polar surface area (TPSA) is 55.1 Å². The molecule has 2 rings (SSSR count). The first kappa shape index (κ1) is 17.3. The molecule has 1 aliphatic carbocycles. The Labute approximate surface area is 131 Å². The average Bonchev–Trinajstić information content (AvgIpc) is 2.87. The average molecular weight is 317 g/mol. The summed E-state index contributed by atoms with van der Waals surface area (Å²) in [5, 5.41) is 3.76. The van der Waals surface area contributed by atoms with Crippen LogP contribution in [0.3, 0.4) is 0 Å². The van der Waals surface area contributed by atoms with Gasteiger partial charge in [0, 0.05) is 17.5 Å². The second-order valence-corrected chi connectivity index (χ2v) is 5.64. The largest absolute Gasteiger partial charge is 0.356 e. The summed E-state index contributed by atoms with van der Waals surface area (Å²) in [5.74, 6) is 0.644. The van der Waals surface area contributed by atoms with E-state index in [1.54, 1.807) is 0 Å². The van der Waals surface area contributed by atoms with Crippen LogP contribution < -0.4 is 11.1 Å². The Morgan fingerprint density at radius 1 is 1.40 bits per heavy atom. The number of amides is 1. The van der Waals surface area contributed by atoms with Gasteiger partial charge in [0.1, 0.15) is 0 Å². The van der Waals surface area contributed by atoms with Crippen LogP contribution in [0.25, 0.3) is 0 Å². The minimum absolute atomic E-state index is 0. The number of halogens is 2. The van der Waals surface area contributed by atoms with E-state index in [1.807, 2.05) is 24.3 Å². The Hall–Kier alpha value is -0.770. The number of nitrogens with two attached hydrogens (primary N) is 1. The summed E-state index contributed by atoms with van der Waals surface area (Å²) < 4.78 is 0. The summed E-state index contributed by atoms with van der Waals surface area (Å²) in [5.41, 5.74) is 6.85. The summed E-state index contributed by atoms with van der Waals surface area (Å²) in [7, 11) is 0. The standard InChI is InChI=1S/C15H21ClN2O.ClH/c16-13-5-1-3-11(9-13)7-8-18-15(19)14-6-2-4-12(14)10-17;/h1,3,5,9,12,14H,2,4,6-8,10,17H2,(H,18,19);1H/t12-,14-;/m1./s1. The van der Waals surface area contributed by atoms with Gasteiger partial charge in [0.05, 0.1) is 0 Å². The molecule has 0 heterocycles. The van der Waals surface area contributed by atoms with Crippen LogP contribution in [0.1, 0.15) is 24.8 Å². The predicted molar refractivity (Wildman–Crippen MR) is 85.3 cm³/mol. The van der Waals surface area contributed by atoms with Crippen molar-refractivity contribution in [3.8, 4) is 0 Å². The number of hydrogen-bond acceptors (Lipinski definition) is 2. The van der Waals surface area contributed by atoms with Crippen molar-refractivity contribution in [1.29, 1.82) is 0 Å². The molecule has 0 radical (unpaired) electrons. The van der Waals surface area contributed by atoms with Crippen LogP contribution in [0.2, 0.25) is 5.02 Å². The highest BCUT2D eigenvalue weighted by Gasteiger charge is 2.31. The van der Waals surface area contributed by atoms with E-state index in [-0.39, 0.29) is 24.2 Å². The highest BCUT2D eigenvalue weighted by atomic mass is 35.5. The summed E-state index contributed by atoms with van der Waals surface area (Å²) >= 11 is 5.93. The molecule has 0 bridgehead atoms. The van der Waals surface area contributed by atoms with Crippen LogP contribution in [0.4, 0.5) is 0 Å². The first-order chi connectivity index (χ1) is 9.20. The van der Waals surface area contributed by atoms with Gasteiger partial charge in [-0.2, -0.15) is 0 Å². The van der Waals surface area contributed by atoms with Gasteiger partial charge in [-0.1, -0.05) is 30.2 Å². The second kappa shape index (κ2) is 8.50. The zero-order valence-corrected chi connectivity index (χ0v) is 13.1. The molecule has 1 amide bonds. The maximum atomic E-state index is 12.1. The third-order valence-corrected chi connectivity index (χ3v) is 4.14. The number of nitrogens with one attached hydrogen (secondary N) is 1. The van der Waals surface area contributed by atoms with E-state index in [9.17, 15) is 4.79 Å². The van der Waals surface area contributed by atoms with Crippen LogP contribution in [-0.2, 0) is 11.2 Å². The molecule has 20 heavy (non-hydrogen) atoms. The molecule has 0 aliphatic heterocycles. The SMILES string of the molecule is Cl.NC[C@H]1CCC[C@H]1C(=O)NCCc1cccc(Cl)c1. The van der Waals surface area contributed by atoms with Crippen molar-refractivity contribution in [2.45, 2.75) is 25.7 Å². The number of rotatable bonds is 5. The van der Waals surface area contributed by atoms with Gasteiger partial charge in [0.15, 0.2) is 0 Å². The number of hydrogen-bond donors (Lipinski definition) is 2. The van der Waals surface area contributed by atoms with E-state index in [0.717, 1.165) is 36.3 Å². The Bertz CT molecular complexity index is 440. The molecule has 3 N–H and O–H groups in total. The molecule has 2 atom stereocenters. The molecule has 1 saturated carbocycles. The first-order valence-electron chi connectivity index (χ1n) is 6.93. The van der Waals surface area contributed by atoms with Gasteiger partial charge in [-0.15, -0.1) is 12.4 Å². The van der Waals surface area contributed by atoms with Crippen LogP contribution in [-0.4, -0.2) is 19.0 Å². The Morgan fingerprint density at radius 2 is 2.20 bits per heavy atom. The summed E-state index contributed by atoms with van der Waals surface area (Å²) in [6.07, 6.45) is 3.99. The maximum Gasteiger partial charge on any atom is 0.223 e. The van der Waals surface area contributed by atoms with Crippen LogP contribution in [0.5, 0.6) is 0 Å². The van der Waals surface area contributed by atoms with E-state index in [2.05, 4.69) is 5.32 Å². The third-order valence-electron chi connectivity index (χ3n) is 3.90. The lowest BCUT2D eigenvalue weighted by Gasteiger charge is -2.17. The third kappa shape index (κ3) is 4.65. The Balaban J connectivity index is 0.00000200. The summed E-state index contributed by atoms with van der Waals surface area (Å²) in [4.78, 5) is 12.1. The highest BCUT2D eigenvalue weighted by molar-refractivity contribution is 6.30. The van der Waals surface area contributed by atoms with Crippen molar-refractivity contribution in [3.05, 3.63) is 34.9 Å². The molecule has 0 aromatic heterocycles. The van der Waals surface area contributed by atoms with E-state index < -0.39 is 0 Å². The first-order valence-corrected chi connectivity index (χ1v) is 7.30. The fourth-order valence-corrected chi connectivity index (χ4v) is 3.03. The van der Waals surface area contributed by atoms with Crippen molar-refractivity contribution in [2.75, 3.05) is 13.1 Å². The lowest BCUT2D eigenvalue weighted by Crippen LogP contribution is -2.36. The van der Waals surface area contributed by atoms with E-state index in [4.69, 9.17) is 17.3 Å². The van der Waals surface area contributed by atoms with Crippen molar-refractivity contribution >= 4 is 29.9 Å². The lowest BCUT2D eigenvalue weighted by atomic mass is 9.95. The van der Waals surface area contributed by atoms with Crippen molar-refractivity contribution in [2.24, 2.45) is 17.6 Å². The Kier molecular flexibility index (Phi) is 7.35. The molecule has 0 saturated heterocycles.